The predicted molar refractivity (Wildman–Crippen MR) is 77.7 cm³/mol. The molecule has 1 amide bonds. The largest absolute Gasteiger partial charge is 0.352 e. The van der Waals surface area contributed by atoms with Gasteiger partial charge in [-0.1, -0.05) is 12.1 Å². The molecular formula is C13H21N3O3S. The molecule has 0 saturated heterocycles. The van der Waals surface area contributed by atoms with Crippen LogP contribution >= 0.6 is 0 Å². The summed E-state index contributed by atoms with van der Waals surface area (Å²) in [7, 11) is -2.04. The first-order chi connectivity index (χ1) is 9.39. The number of hydrogen-bond donors (Lipinski definition) is 3. The maximum Gasteiger partial charge on any atom is 0.240 e. The molecule has 7 heteroatoms. The van der Waals surface area contributed by atoms with E-state index in [2.05, 4.69) is 10.0 Å². The topological polar surface area (TPSA) is 101 Å². The van der Waals surface area contributed by atoms with Crippen LogP contribution in [0.1, 0.15) is 18.9 Å². The molecule has 0 aromatic heterocycles. The summed E-state index contributed by atoms with van der Waals surface area (Å²) < 4.78 is 25.3. The van der Waals surface area contributed by atoms with Crippen LogP contribution in [0.25, 0.3) is 0 Å². The lowest BCUT2D eigenvalue weighted by Gasteiger charge is -2.11. The zero-order valence-electron chi connectivity index (χ0n) is 11.7. The fraction of sp³-hybridized carbons (Fsp3) is 0.462. The first kappa shape index (κ1) is 16.6. The van der Waals surface area contributed by atoms with Crippen molar-refractivity contribution >= 4 is 15.9 Å². The van der Waals surface area contributed by atoms with Crippen molar-refractivity contribution in [3.05, 3.63) is 29.8 Å². The third-order valence-corrected chi connectivity index (χ3v) is 4.33. The van der Waals surface area contributed by atoms with Gasteiger partial charge in [0, 0.05) is 19.0 Å². The molecule has 0 spiro atoms. The smallest absolute Gasteiger partial charge is 0.240 e. The van der Waals surface area contributed by atoms with E-state index in [1.54, 1.807) is 12.1 Å². The highest BCUT2D eigenvalue weighted by Gasteiger charge is 2.11. The molecule has 0 heterocycles. The summed E-state index contributed by atoms with van der Waals surface area (Å²) in [6.45, 7) is 2.25. The van der Waals surface area contributed by atoms with Crippen LogP contribution in [0.3, 0.4) is 0 Å². The molecule has 0 radical (unpaired) electrons. The lowest BCUT2D eigenvalue weighted by molar-refractivity contribution is -0.121. The summed E-state index contributed by atoms with van der Waals surface area (Å²) in [4.78, 5) is 11.8. The number of benzene rings is 1. The summed E-state index contributed by atoms with van der Waals surface area (Å²) in [5.74, 6) is -0.0603. The van der Waals surface area contributed by atoms with E-state index in [0.717, 1.165) is 5.56 Å². The van der Waals surface area contributed by atoms with E-state index in [4.69, 9.17) is 5.73 Å². The highest BCUT2D eigenvalue weighted by atomic mass is 32.2. The third kappa shape index (κ3) is 4.92. The predicted octanol–water partition coefficient (Wildman–Crippen LogP) is -0.00930. The molecule has 6 nitrogen and oxygen atoms in total. The first-order valence-electron chi connectivity index (χ1n) is 6.41. The minimum Gasteiger partial charge on any atom is -0.352 e. The Kier molecular flexibility index (Phi) is 6.12. The molecule has 0 unspecified atom stereocenters. The molecule has 112 valence electrons. The number of nitrogens with two attached hydrogens (primary N) is 1. The van der Waals surface area contributed by atoms with Crippen LogP contribution in [0.2, 0.25) is 0 Å². The molecule has 1 aromatic carbocycles. The van der Waals surface area contributed by atoms with Crippen LogP contribution in [0.15, 0.2) is 29.2 Å². The van der Waals surface area contributed by atoms with Crippen LogP contribution in [0, 0.1) is 0 Å². The van der Waals surface area contributed by atoms with Gasteiger partial charge in [0.25, 0.3) is 0 Å². The van der Waals surface area contributed by atoms with Gasteiger partial charge in [-0.15, -0.1) is 0 Å². The Bertz CT molecular complexity index is 540. The van der Waals surface area contributed by atoms with Crippen molar-refractivity contribution in [2.75, 3.05) is 13.6 Å². The summed E-state index contributed by atoms with van der Waals surface area (Å²) in [6.07, 6.45) is 0.908. The number of sulfonamides is 1. The highest BCUT2D eigenvalue weighted by Crippen LogP contribution is 2.11. The number of carbonyl (C=O) groups is 1. The second kappa shape index (κ2) is 7.37. The normalized spacial score (nSPS) is 12.9. The average molecular weight is 299 g/mol. The van der Waals surface area contributed by atoms with Crippen LogP contribution in [-0.4, -0.2) is 34.0 Å². The lowest BCUT2D eigenvalue weighted by Crippen LogP contribution is -2.37. The molecule has 0 aliphatic carbocycles. The molecule has 0 fully saturated rings. The van der Waals surface area contributed by atoms with Gasteiger partial charge < -0.3 is 11.1 Å². The van der Waals surface area contributed by atoms with Crippen molar-refractivity contribution < 1.29 is 13.2 Å². The quantitative estimate of drug-likeness (QED) is 0.659. The van der Waals surface area contributed by atoms with Crippen LogP contribution in [0.5, 0.6) is 0 Å². The van der Waals surface area contributed by atoms with Crippen molar-refractivity contribution in [2.24, 2.45) is 5.73 Å². The van der Waals surface area contributed by atoms with Gasteiger partial charge in [-0.05, 0) is 38.1 Å². The van der Waals surface area contributed by atoms with E-state index in [1.165, 1.54) is 19.2 Å². The zero-order valence-corrected chi connectivity index (χ0v) is 12.5. The van der Waals surface area contributed by atoms with Gasteiger partial charge in [-0.2, -0.15) is 0 Å². The highest BCUT2D eigenvalue weighted by molar-refractivity contribution is 7.89. The number of nitrogens with one attached hydrogen (secondary N) is 2. The second-order valence-electron chi connectivity index (χ2n) is 4.56. The number of hydrogen-bond acceptors (Lipinski definition) is 4. The van der Waals surface area contributed by atoms with E-state index >= 15 is 0 Å². The summed E-state index contributed by atoms with van der Waals surface area (Å²) in [5.41, 5.74) is 6.33. The lowest BCUT2D eigenvalue weighted by atomic mass is 10.1. The van der Waals surface area contributed by atoms with Gasteiger partial charge >= 0.3 is 0 Å². The zero-order chi connectivity index (χ0) is 15.2. The molecule has 20 heavy (non-hydrogen) atoms. The second-order valence-corrected chi connectivity index (χ2v) is 6.44. The Hall–Kier alpha value is -1.44. The van der Waals surface area contributed by atoms with Gasteiger partial charge in [0.2, 0.25) is 15.9 Å². The standard InChI is InChI=1S/C13H21N3O3S/c1-10(9-14)16-13(17)8-5-11-3-6-12(7-4-11)20(18,19)15-2/h3-4,6-7,10,15H,5,8-9,14H2,1-2H3,(H,16,17)/t10-/m0/s1. The van der Waals surface area contributed by atoms with E-state index < -0.39 is 10.0 Å². The molecule has 1 atom stereocenters. The van der Waals surface area contributed by atoms with Crippen molar-refractivity contribution in [3.63, 3.8) is 0 Å². The molecule has 0 aliphatic rings. The fourth-order valence-electron chi connectivity index (χ4n) is 1.62. The number of rotatable bonds is 7. The van der Waals surface area contributed by atoms with Gasteiger partial charge in [0.05, 0.1) is 4.90 Å². The maximum absolute atomic E-state index is 11.6. The summed E-state index contributed by atoms with van der Waals surface area (Å²) in [6, 6.07) is 6.45. The van der Waals surface area contributed by atoms with E-state index in [9.17, 15) is 13.2 Å². The van der Waals surface area contributed by atoms with Gasteiger partial charge in [0.1, 0.15) is 0 Å². The van der Waals surface area contributed by atoms with Crippen molar-refractivity contribution in [3.8, 4) is 0 Å². The molecule has 0 bridgehead atoms. The SMILES string of the molecule is CNS(=O)(=O)c1ccc(CCC(=O)N[C@@H](C)CN)cc1. The fourth-order valence-corrected chi connectivity index (χ4v) is 2.35. The average Bonchev–Trinajstić information content (AvgIpc) is 2.45. The minimum absolute atomic E-state index is 0.0364. The molecule has 0 saturated carbocycles. The molecule has 4 N–H and O–H groups in total. The van der Waals surface area contributed by atoms with Crippen molar-refractivity contribution in [1.82, 2.24) is 10.0 Å². The van der Waals surface area contributed by atoms with E-state index in [1.807, 2.05) is 6.92 Å². The number of carbonyl (C=O) groups excluding carboxylic acids is 1. The number of aryl methyl sites for hydroxylation is 1. The summed E-state index contributed by atoms with van der Waals surface area (Å²) in [5, 5.41) is 2.77. The third-order valence-electron chi connectivity index (χ3n) is 2.90. The first-order valence-corrected chi connectivity index (χ1v) is 7.89. The van der Waals surface area contributed by atoms with E-state index in [0.29, 0.717) is 19.4 Å². The Labute approximate surface area is 119 Å². The Morgan fingerprint density at radius 1 is 1.30 bits per heavy atom. The number of amides is 1. The molecule has 0 aliphatic heterocycles. The van der Waals surface area contributed by atoms with Gasteiger partial charge in [-0.3, -0.25) is 4.79 Å². The van der Waals surface area contributed by atoms with Crippen LogP contribution in [0.4, 0.5) is 0 Å². The monoisotopic (exact) mass is 299 g/mol. The summed E-state index contributed by atoms with van der Waals surface area (Å²) >= 11 is 0. The Morgan fingerprint density at radius 2 is 1.90 bits per heavy atom. The van der Waals surface area contributed by atoms with Gasteiger partial charge in [0.15, 0.2) is 0 Å². The maximum atomic E-state index is 11.6. The van der Waals surface area contributed by atoms with E-state index in [-0.39, 0.29) is 16.8 Å². The van der Waals surface area contributed by atoms with Crippen LogP contribution in [-0.2, 0) is 21.2 Å². The van der Waals surface area contributed by atoms with Crippen LogP contribution < -0.4 is 15.8 Å². The molecular weight excluding hydrogens is 278 g/mol. The molecule has 1 rings (SSSR count). The minimum atomic E-state index is -3.41. The molecule has 1 aromatic rings. The van der Waals surface area contributed by atoms with Gasteiger partial charge in [-0.25, -0.2) is 13.1 Å². The van der Waals surface area contributed by atoms with Crippen molar-refractivity contribution in [2.45, 2.75) is 30.7 Å². The van der Waals surface area contributed by atoms with Crippen molar-refractivity contribution in [1.29, 1.82) is 0 Å². The Morgan fingerprint density at radius 3 is 2.40 bits per heavy atom. The Balaban J connectivity index is 2.57.